The normalized spacial score (nSPS) is 10.7. The molecule has 0 atom stereocenters. The Kier molecular flexibility index (Phi) is 5.29. The number of phenols is 1. The molecule has 0 saturated carbocycles. The summed E-state index contributed by atoms with van der Waals surface area (Å²) in [6, 6.07) is 21.1. The predicted octanol–water partition coefficient (Wildman–Crippen LogP) is 4.40. The van der Waals surface area contributed by atoms with E-state index in [1.165, 1.54) is 13.2 Å². The van der Waals surface area contributed by atoms with Gasteiger partial charge in [-0.2, -0.15) is 0 Å². The van der Waals surface area contributed by atoms with Crippen molar-refractivity contribution in [3.05, 3.63) is 83.9 Å². The molecule has 5 nitrogen and oxygen atoms in total. The number of hydrogen-bond acceptors (Lipinski definition) is 4. The number of aromatic hydroxyl groups is 1. The van der Waals surface area contributed by atoms with Gasteiger partial charge in [-0.1, -0.05) is 30.3 Å². The minimum Gasteiger partial charge on any atom is -0.508 e. The smallest absolute Gasteiger partial charge is 0.257 e. The number of amides is 1. The van der Waals surface area contributed by atoms with Gasteiger partial charge in [0.2, 0.25) is 0 Å². The third kappa shape index (κ3) is 4.08. The van der Waals surface area contributed by atoms with Crippen molar-refractivity contribution in [2.75, 3.05) is 12.4 Å². The molecule has 0 heterocycles. The lowest BCUT2D eigenvalue weighted by molar-refractivity contribution is 0.102. The first-order valence-corrected chi connectivity index (χ1v) is 8.04. The molecule has 2 N–H and O–H groups in total. The third-order valence-corrected chi connectivity index (χ3v) is 3.74. The van der Waals surface area contributed by atoms with E-state index in [-0.39, 0.29) is 11.7 Å². The first kappa shape index (κ1) is 17.2. The molecule has 0 radical (unpaired) electrons. The van der Waals surface area contributed by atoms with Gasteiger partial charge in [-0.3, -0.25) is 9.79 Å². The summed E-state index contributed by atoms with van der Waals surface area (Å²) in [6.45, 7) is 0. The quantitative estimate of drug-likeness (QED) is 0.673. The zero-order valence-electron chi connectivity index (χ0n) is 14.2. The minimum atomic E-state index is -0.235. The Hall–Kier alpha value is -3.60. The Balaban J connectivity index is 1.87. The van der Waals surface area contributed by atoms with Crippen LogP contribution in [0.15, 0.2) is 77.8 Å². The van der Waals surface area contributed by atoms with Crippen LogP contribution in [-0.4, -0.2) is 24.3 Å². The van der Waals surface area contributed by atoms with E-state index in [0.717, 1.165) is 5.69 Å². The Morgan fingerprint density at radius 1 is 1.04 bits per heavy atom. The largest absolute Gasteiger partial charge is 0.508 e. The van der Waals surface area contributed by atoms with Crippen LogP contribution in [-0.2, 0) is 0 Å². The molecule has 3 aromatic carbocycles. The number of hydrogen-bond donors (Lipinski definition) is 2. The van der Waals surface area contributed by atoms with Gasteiger partial charge in [0.05, 0.1) is 18.4 Å². The molecule has 0 saturated heterocycles. The summed E-state index contributed by atoms with van der Waals surface area (Å²) in [5.41, 5.74) is 2.42. The SMILES string of the molecule is COc1cc(O)ccc1C=Nc1ccccc1C(=O)Nc1ccccc1. The van der Waals surface area contributed by atoms with Crippen LogP contribution in [0.5, 0.6) is 11.5 Å². The standard InChI is InChI=1S/C21H18N2O3/c1-26-20-13-17(24)12-11-15(20)14-22-19-10-6-5-9-18(19)21(25)23-16-7-3-2-4-8-16/h2-14,24H,1H3,(H,23,25). The number of nitrogens with zero attached hydrogens (tertiary/aromatic N) is 1. The molecule has 0 bridgehead atoms. The van der Waals surface area contributed by atoms with Crippen LogP contribution >= 0.6 is 0 Å². The molecule has 1 amide bonds. The van der Waals surface area contributed by atoms with E-state index in [4.69, 9.17) is 4.74 Å². The fraction of sp³-hybridized carbons (Fsp3) is 0.0476. The number of nitrogens with one attached hydrogen (secondary N) is 1. The lowest BCUT2D eigenvalue weighted by atomic mass is 10.1. The zero-order chi connectivity index (χ0) is 18.4. The molecule has 26 heavy (non-hydrogen) atoms. The minimum absolute atomic E-state index is 0.113. The molecule has 0 aromatic heterocycles. The number of rotatable bonds is 5. The number of phenolic OH excluding ortho intramolecular Hbond substituents is 1. The summed E-state index contributed by atoms with van der Waals surface area (Å²) in [7, 11) is 1.52. The van der Waals surface area contributed by atoms with Crippen LogP contribution in [0.3, 0.4) is 0 Å². The monoisotopic (exact) mass is 346 g/mol. The van der Waals surface area contributed by atoms with E-state index < -0.39 is 0 Å². The highest BCUT2D eigenvalue weighted by atomic mass is 16.5. The molecule has 0 unspecified atom stereocenters. The molecule has 3 aromatic rings. The maximum absolute atomic E-state index is 12.6. The summed E-state index contributed by atoms with van der Waals surface area (Å²) in [6.07, 6.45) is 1.60. The number of ether oxygens (including phenoxy) is 1. The average molecular weight is 346 g/mol. The lowest BCUT2D eigenvalue weighted by Gasteiger charge is -2.08. The van der Waals surface area contributed by atoms with Gasteiger partial charge in [0.25, 0.3) is 5.91 Å². The fourth-order valence-corrected chi connectivity index (χ4v) is 2.44. The van der Waals surface area contributed by atoms with Gasteiger partial charge in [-0.15, -0.1) is 0 Å². The first-order chi connectivity index (χ1) is 12.7. The second-order valence-corrected chi connectivity index (χ2v) is 5.52. The van der Waals surface area contributed by atoms with Crippen molar-refractivity contribution in [2.24, 2.45) is 4.99 Å². The Bertz CT molecular complexity index is 937. The Morgan fingerprint density at radius 2 is 1.77 bits per heavy atom. The molecular formula is C21H18N2O3. The molecule has 0 fully saturated rings. The van der Waals surface area contributed by atoms with Crippen molar-refractivity contribution in [2.45, 2.75) is 0 Å². The van der Waals surface area contributed by atoms with E-state index in [1.807, 2.05) is 36.4 Å². The maximum atomic E-state index is 12.6. The fourth-order valence-electron chi connectivity index (χ4n) is 2.44. The average Bonchev–Trinajstić information content (AvgIpc) is 2.68. The van der Waals surface area contributed by atoms with E-state index >= 15 is 0 Å². The topological polar surface area (TPSA) is 70.9 Å². The van der Waals surface area contributed by atoms with Crippen molar-refractivity contribution < 1.29 is 14.6 Å². The molecule has 0 aliphatic rings. The van der Waals surface area contributed by atoms with Crippen molar-refractivity contribution >= 4 is 23.5 Å². The van der Waals surface area contributed by atoms with E-state index in [9.17, 15) is 9.90 Å². The summed E-state index contributed by atoms with van der Waals surface area (Å²) < 4.78 is 5.24. The summed E-state index contributed by atoms with van der Waals surface area (Å²) >= 11 is 0. The first-order valence-electron chi connectivity index (χ1n) is 8.04. The molecule has 0 aliphatic carbocycles. The van der Waals surface area contributed by atoms with Gasteiger partial charge in [0, 0.05) is 23.5 Å². The van der Waals surface area contributed by atoms with Crippen LogP contribution in [0.4, 0.5) is 11.4 Å². The van der Waals surface area contributed by atoms with Crippen molar-refractivity contribution in [3.8, 4) is 11.5 Å². The van der Waals surface area contributed by atoms with Gasteiger partial charge in [0.1, 0.15) is 11.5 Å². The van der Waals surface area contributed by atoms with E-state index in [0.29, 0.717) is 22.6 Å². The second kappa shape index (κ2) is 7.98. The van der Waals surface area contributed by atoms with Crippen molar-refractivity contribution in [1.82, 2.24) is 0 Å². The Labute approximate surface area is 151 Å². The van der Waals surface area contributed by atoms with Crippen LogP contribution in [0, 0.1) is 0 Å². The van der Waals surface area contributed by atoms with E-state index in [1.54, 1.807) is 36.5 Å². The van der Waals surface area contributed by atoms with Gasteiger partial charge in [-0.25, -0.2) is 0 Å². The maximum Gasteiger partial charge on any atom is 0.257 e. The summed E-state index contributed by atoms with van der Waals surface area (Å²) in [5.74, 6) is 0.378. The predicted molar refractivity (Wildman–Crippen MR) is 103 cm³/mol. The highest BCUT2D eigenvalue weighted by molar-refractivity contribution is 6.08. The highest BCUT2D eigenvalue weighted by Gasteiger charge is 2.10. The highest BCUT2D eigenvalue weighted by Crippen LogP contribution is 2.24. The molecule has 130 valence electrons. The van der Waals surface area contributed by atoms with Crippen LogP contribution in [0.25, 0.3) is 0 Å². The molecule has 5 heteroatoms. The number of anilines is 1. The van der Waals surface area contributed by atoms with Crippen LogP contribution < -0.4 is 10.1 Å². The van der Waals surface area contributed by atoms with E-state index in [2.05, 4.69) is 10.3 Å². The number of carbonyl (C=O) groups is 1. The summed E-state index contributed by atoms with van der Waals surface area (Å²) in [5, 5.41) is 12.4. The molecular weight excluding hydrogens is 328 g/mol. The molecule has 0 spiro atoms. The van der Waals surface area contributed by atoms with Gasteiger partial charge < -0.3 is 15.2 Å². The number of carbonyl (C=O) groups excluding carboxylic acids is 1. The second-order valence-electron chi connectivity index (χ2n) is 5.52. The van der Waals surface area contributed by atoms with Gasteiger partial charge >= 0.3 is 0 Å². The van der Waals surface area contributed by atoms with Crippen molar-refractivity contribution in [3.63, 3.8) is 0 Å². The third-order valence-electron chi connectivity index (χ3n) is 3.74. The zero-order valence-corrected chi connectivity index (χ0v) is 14.2. The Morgan fingerprint density at radius 3 is 2.54 bits per heavy atom. The number of methoxy groups -OCH3 is 1. The van der Waals surface area contributed by atoms with Crippen LogP contribution in [0.1, 0.15) is 15.9 Å². The number of benzene rings is 3. The lowest BCUT2D eigenvalue weighted by Crippen LogP contribution is -2.11. The molecule has 3 rings (SSSR count). The number of aliphatic imine (C=N–C) groups is 1. The van der Waals surface area contributed by atoms with Gasteiger partial charge in [-0.05, 0) is 36.4 Å². The van der Waals surface area contributed by atoms with Crippen LogP contribution in [0.2, 0.25) is 0 Å². The molecule has 0 aliphatic heterocycles. The summed E-state index contributed by atoms with van der Waals surface area (Å²) in [4.78, 5) is 17.0. The van der Waals surface area contributed by atoms with Crippen molar-refractivity contribution in [1.29, 1.82) is 0 Å². The van der Waals surface area contributed by atoms with Gasteiger partial charge in [0.15, 0.2) is 0 Å². The number of para-hydroxylation sites is 2.